The van der Waals surface area contributed by atoms with Crippen molar-refractivity contribution in [2.24, 2.45) is 0 Å². The molecule has 4 aromatic heterocycles. The molecule has 2 N–H and O–H groups in total. The Morgan fingerprint density at radius 2 is 2.00 bits per heavy atom. The standard InChI is InChI=1S/C19H12ClFN6O3S/c1-30-19-15(7-14(20)10-24-19)31(28,29)27-18-16(21)12(4-5-22-18)3-2-11-6-13-9-25-26-17(13)23-8-11/h4-10H,1H3,(H,22,27)(H,23,25,26). The van der Waals surface area contributed by atoms with Crippen LogP contribution in [0.25, 0.3) is 11.0 Å². The molecule has 4 aromatic rings. The average molecular weight is 459 g/mol. The van der Waals surface area contributed by atoms with E-state index in [0.717, 1.165) is 11.5 Å². The smallest absolute Gasteiger partial charge is 0.268 e. The summed E-state index contributed by atoms with van der Waals surface area (Å²) < 4.78 is 47.4. The van der Waals surface area contributed by atoms with Crippen LogP contribution in [0.5, 0.6) is 5.88 Å². The summed E-state index contributed by atoms with van der Waals surface area (Å²) in [6, 6.07) is 4.20. The monoisotopic (exact) mass is 458 g/mol. The lowest BCUT2D eigenvalue weighted by Gasteiger charge is -2.11. The number of rotatable bonds is 4. The van der Waals surface area contributed by atoms with Gasteiger partial charge in [0.15, 0.2) is 22.2 Å². The van der Waals surface area contributed by atoms with Gasteiger partial charge >= 0.3 is 0 Å². The first-order valence-electron chi connectivity index (χ1n) is 8.55. The van der Waals surface area contributed by atoms with Gasteiger partial charge in [-0.05, 0) is 18.2 Å². The fraction of sp³-hybridized carbons (Fsp3) is 0.0526. The lowest BCUT2D eigenvalue weighted by Crippen LogP contribution is -2.17. The number of nitrogens with zero attached hydrogens (tertiary/aromatic N) is 4. The number of pyridine rings is 3. The Bertz CT molecular complexity index is 1460. The second-order valence-corrected chi connectivity index (χ2v) is 8.16. The van der Waals surface area contributed by atoms with Crippen molar-refractivity contribution in [3.8, 4) is 17.7 Å². The summed E-state index contributed by atoms with van der Waals surface area (Å²) in [5, 5.41) is 7.41. The molecule has 4 rings (SSSR count). The molecule has 0 amide bonds. The topological polar surface area (TPSA) is 123 Å². The van der Waals surface area contributed by atoms with Crippen LogP contribution in [0.4, 0.5) is 10.2 Å². The molecule has 9 nitrogen and oxygen atoms in total. The normalized spacial score (nSPS) is 11.1. The van der Waals surface area contributed by atoms with Crippen LogP contribution < -0.4 is 9.46 Å². The van der Waals surface area contributed by atoms with E-state index in [1.165, 1.54) is 31.8 Å². The van der Waals surface area contributed by atoms with E-state index in [9.17, 15) is 12.8 Å². The summed E-state index contributed by atoms with van der Waals surface area (Å²) in [6.45, 7) is 0. The number of methoxy groups -OCH3 is 1. The molecule has 0 spiro atoms. The molecule has 156 valence electrons. The van der Waals surface area contributed by atoms with E-state index in [2.05, 4.69) is 41.7 Å². The molecule has 0 radical (unpaired) electrons. The van der Waals surface area contributed by atoms with Gasteiger partial charge in [-0.25, -0.2) is 27.8 Å². The van der Waals surface area contributed by atoms with Crippen LogP contribution in [-0.4, -0.2) is 40.7 Å². The molecule has 0 aliphatic rings. The molecule has 0 aliphatic heterocycles. The zero-order valence-electron chi connectivity index (χ0n) is 15.7. The van der Waals surface area contributed by atoms with E-state index in [1.807, 2.05) is 0 Å². The van der Waals surface area contributed by atoms with E-state index in [4.69, 9.17) is 16.3 Å². The van der Waals surface area contributed by atoms with Crippen molar-refractivity contribution in [3.63, 3.8) is 0 Å². The van der Waals surface area contributed by atoms with Gasteiger partial charge in [-0.2, -0.15) is 5.10 Å². The summed E-state index contributed by atoms with van der Waals surface area (Å²) in [6.07, 6.45) is 5.56. The van der Waals surface area contributed by atoms with Crippen LogP contribution in [-0.2, 0) is 10.0 Å². The van der Waals surface area contributed by atoms with Crippen LogP contribution in [0.3, 0.4) is 0 Å². The minimum atomic E-state index is -4.30. The van der Waals surface area contributed by atoms with E-state index < -0.39 is 21.7 Å². The highest BCUT2D eigenvalue weighted by atomic mass is 35.5. The van der Waals surface area contributed by atoms with Crippen molar-refractivity contribution in [2.45, 2.75) is 4.90 Å². The lowest BCUT2D eigenvalue weighted by molar-refractivity contribution is 0.385. The third-order valence-corrected chi connectivity index (χ3v) is 5.56. The molecule has 12 heteroatoms. The van der Waals surface area contributed by atoms with E-state index in [1.54, 1.807) is 12.3 Å². The second kappa shape index (κ2) is 8.17. The highest BCUT2D eigenvalue weighted by Gasteiger charge is 2.24. The molecule has 0 atom stereocenters. The molecule has 0 bridgehead atoms. The van der Waals surface area contributed by atoms with Gasteiger partial charge in [0.05, 0.1) is 23.9 Å². The van der Waals surface area contributed by atoms with E-state index in [-0.39, 0.29) is 21.4 Å². The number of hydrogen-bond acceptors (Lipinski definition) is 7. The highest BCUT2D eigenvalue weighted by molar-refractivity contribution is 7.92. The van der Waals surface area contributed by atoms with Crippen LogP contribution in [0.1, 0.15) is 11.1 Å². The molecular formula is C19H12ClFN6O3S. The second-order valence-electron chi connectivity index (χ2n) is 6.07. The van der Waals surface area contributed by atoms with Gasteiger partial charge in [0.1, 0.15) is 0 Å². The van der Waals surface area contributed by atoms with Crippen LogP contribution >= 0.6 is 11.6 Å². The molecule has 0 fully saturated rings. The van der Waals surface area contributed by atoms with Crippen molar-refractivity contribution in [1.82, 2.24) is 25.1 Å². The maximum absolute atomic E-state index is 14.9. The summed E-state index contributed by atoms with van der Waals surface area (Å²) in [5.41, 5.74) is 1.07. The molecular weight excluding hydrogens is 447 g/mol. The van der Waals surface area contributed by atoms with Crippen molar-refractivity contribution in [1.29, 1.82) is 0 Å². The largest absolute Gasteiger partial charge is 0.480 e. The summed E-state index contributed by atoms with van der Waals surface area (Å²) in [7, 11) is -3.05. The molecule has 0 saturated heterocycles. The number of anilines is 1. The first-order chi connectivity index (χ1) is 14.9. The van der Waals surface area contributed by atoms with Crippen molar-refractivity contribution in [3.05, 3.63) is 65.0 Å². The highest BCUT2D eigenvalue weighted by Crippen LogP contribution is 2.27. The van der Waals surface area contributed by atoms with Crippen LogP contribution in [0.15, 0.2) is 47.9 Å². The molecule has 4 heterocycles. The third kappa shape index (κ3) is 4.25. The molecule has 0 aliphatic carbocycles. The minimum absolute atomic E-state index is 0.0591. The number of ether oxygens (including phenoxy) is 1. The predicted octanol–water partition coefficient (Wildman–Crippen LogP) is 2.75. The van der Waals surface area contributed by atoms with Gasteiger partial charge in [0.2, 0.25) is 5.88 Å². The number of sulfonamides is 1. The van der Waals surface area contributed by atoms with Crippen molar-refractivity contribution < 1.29 is 17.5 Å². The van der Waals surface area contributed by atoms with Gasteiger partial charge in [0.25, 0.3) is 10.0 Å². The third-order valence-electron chi connectivity index (χ3n) is 4.02. The zero-order valence-corrected chi connectivity index (χ0v) is 17.3. The quantitative estimate of drug-likeness (QED) is 0.451. The Morgan fingerprint density at radius 3 is 2.81 bits per heavy atom. The van der Waals surface area contributed by atoms with Crippen molar-refractivity contribution in [2.75, 3.05) is 11.8 Å². The zero-order chi connectivity index (χ0) is 22.0. The number of fused-ring (bicyclic) bond motifs is 1. The number of nitrogens with one attached hydrogen (secondary N) is 2. The number of H-pyrrole nitrogens is 1. The fourth-order valence-corrected chi connectivity index (χ4v) is 3.97. The molecule has 31 heavy (non-hydrogen) atoms. The van der Waals surface area contributed by atoms with Gasteiger partial charge < -0.3 is 4.74 Å². The number of halogens is 2. The maximum atomic E-state index is 14.9. The first kappa shape index (κ1) is 20.5. The Hall–Kier alpha value is -3.75. The number of aromatic amines is 1. The maximum Gasteiger partial charge on any atom is 0.268 e. The summed E-state index contributed by atoms with van der Waals surface area (Å²) in [5.74, 6) is 3.77. The van der Waals surface area contributed by atoms with Crippen molar-refractivity contribution >= 4 is 38.5 Å². The summed E-state index contributed by atoms with van der Waals surface area (Å²) in [4.78, 5) is 11.4. The van der Waals surface area contributed by atoms with E-state index in [0.29, 0.717) is 11.2 Å². The predicted molar refractivity (Wildman–Crippen MR) is 111 cm³/mol. The van der Waals surface area contributed by atoms with Gasteiger partial charge in [-0.15, -0.1) is 0 Å². The lowest BCUT2D eigenvalue weighted by atomic mass is 10.2. The molecule has 0 unspecified atom stereocenters. The number of aromatic nitrogens is 5. The Morgan fingerprint density at radius 1 is 1.16 bits per heavy atom. The van der Waals surface area contributed by atoms with Gasteiger partial charge in [-0.3, -0.25) is 9.82 Å². The van der Waals surface area contributed by atoms with Crippen LogP contribution in [0.2, 0.25) is 5.02 Å². The Kier molecular flexibility index (Phi) is 5.41. The van der Waals surface area contributed by atoms with Gasteiger partial charge in [0, 0.05) is 29.5 Å². The first-order valence-corrected chi connectivity index (χ1v) is 10.4. The molecule has 0 aromatic carbocycles. The SMILES string of the molecule is COc1ncc(Cl)cc1S(=O)(=O)Nc1nccc(C#Cc2cnc3[nH]ncc3c2)c1F. The Labute approximate surface area is 180 Å². The minimum Gasteiger partial charge on any atom is -0.480 e. The van der Waals surface area contributed by atoms with E-state index >= 15 is 0 Å². The Balaban J connectivity index is 1.66. The average Bonchev–Trinajstić information content (AvgIpc) is 3.22. The van der Waals surface area contributed by atoms with Gasteiger partial charge in [-0.1, -0.05) is 23.4 Å². The van der Waals surface area contributed by atoms with Crippen LogP contribution in [0, 0.1) is 17.7 Å². The fourth-order valence-electron chi connectivity index (χ4n) is 2.59. The number of hydrogen-bond donors (Lipinski definition) is 2. The molecule has 0 saturated carbocycles. The summed E-state index contributed by atoms with van der Waals surface area (Å²) >= 11 is 5.84.